The molecule has 1 N–H and O–H groups in total. The summed E-state index contributed by atoms with van der Waals surface area (Å²) in [6.45, 7) is 9.52. The topological polar surface area (TPSA) is 60.4 Å². The fourth-order valence-corrected chi connectivity index (χ4v) is 4.01. The van der Waals surface area contributed by atoms with Crippen molar-refractivity contribution in [2.24, 2.45) is 4.99 Å². The fourth-order valence-electron chi connectivity index (χ4n) is 4.01. The van der Waals surface area contributed by atoms with E-state index in [-0.39, 0.29) is 5.91 Å². The monoisotopic (exact) mass is 401 g/mol. The average Bonchev–Trinajstić information content (AvgIpc) is 3.23. The third-order valence-corrected chi connectivity index (χ3v) is 5.60. The van der Waals surface area contributed by atoms with Crippen molar-refractivity contribution in [1.29, 1.82) is 0 Å². The third kappa shape index (κ3) is 5.93. The molecule has 2 heterocycles. The highest BCUT2D eigenvalue weighted by Crippen LogP contribution is 2.17. The van der Waals surface area contributed by atoms with Gasteiger partial charge in [-0.25, -0.2) is 0 Å². The molecule has 1 aromatic rings. The summed E-state index contributed by atoms with van der Waals surface area (Å²) in [4.78, 5) is 23.6. The predicted octanol–water partition coefficient (Wildman–Crippen LogP) is 1.30. The minimum absolute atomic E-state index is 0.0370. The van der Waals surface area contributed by atoms with Crippen LogP contribution in [-0.2, 0) is 11.2 Å². The molecule has 7 nitrogen and oxygen atoms in total. The molecule has 1 atom stereocenters. The van der Waals surface area contributed by atoms with Crippen molar-refractivity contribution in [3.63, 3.8) is 0 Å². The summed E-state index contributed by atoms with van der Waals surface area (Å²) in [6.07, 6.45) is 2.00. The molecular formula is C22H35N5O2. The van der Waals surface area contributed by atoms with Gasteiger partial charge in [-0.15, -0.1) is 0 Å². The van der Waals surface area contributed by atoms with Gasteiger partial charge in [-0.2, -0.15) is 0 Å². The lowest BCUT2D eigenvalue weighted by Gasteiger charge is -2.32. The van der Waals surface area contributed by atoms with E-state index in [0.29, 0.717) is 12.6 Å². The van der Waals surface area contributed by atoms with Crippen LogP contribution in [0.2, 0.25) is 0 Å². The quantitative estimate of drug-likeness (QED) is 0.575. The molecule has 1 unspecified atom stereocenters. The van der Waals surface area contributed by atoms with E-state index in [9.17, 15) is 4.79 Å². The van der Waals surface area contributed by atoms with Crippen molar-refractivity contribution < 1.29 is 9.53 Å². The molecule has 0 saturated carbocycles. The zero-order valence-electron chi connectivity index (χ0n) is 18.1. The summed E-state index contributed by atoms with van der Waals surface area (Å²) in [6, 6.07) is 8.47. The van der Waals surface area contributed by atoms with E-state index >= 15 is 0 Å². The Bertz CT molecular complexity index is 700. The summed E-state index contributed by atoms with van der Waals surface area (Å²) in [5.41, 5.74) is 1.88. The molecular weight excluding hydrogens is 366 g/mol. The summed E-state index contributed by atoms with van der Waals surface area (Å²) in [7, 11) is 3.56. The highest BCUT2D eigenvalue weighted by atomic mass is 16.5. The SMILES string of the molecule is CCNC(=NCCc1cccc(C(=O)N(C)C)c1)N1CCC(N2CCOCC2)C1. The van der Waals surface area contributed by atoms with Crippen LogP contribution in [0, 0.1) is 0 Å². The maximum Gasteiger partial charge on any atom is 0.253 e. The Hall–Kier alpha value is -2.12. The predicted molar refractivity (Wildman–Crippen MR) is 117 cm³/mol. The molecule has 7 heteroatoms. The van der Waals surface area contributed by atoms with Crippen molar-refractivity contribution in [3.8, 4) is 0 Å². The number of ether oxygens (including phenoxy) is 1. The number of guanidine groups is 1. The lowest BCUT2D eigenvalue weighted by molar-refractivity contribution is 0.0195. The molecule has 2 fully saturated rings. The Morgan fingerprint density at radius 2 is 2.07 bits per heavy atom. The second kappa shape index (κ2) is 10.6. The highest BCUT2D eigenvalue weighted by Gasteiger charge is 2.30. The van der Waals surface area contributed by atoms with Crippen LogP contribution in [0.4, 0.5) is 0 Å². The Morgan fingerprint density at radius 3 is 2.79 bits per heavy atom. The zero-order valence-corrected chi connectivity index (χ0v) is 18.1. The van der Waals surface area contributed by atoms with Gasteiger partial charge in [0.25, 0.3) is 5.91 Å². The van der Waals surface area contributed by atoms with Crippen LogP contribution >= 0.6 is 0 Å². The molecule has 1 aromatic carbocycles. The number of nitrogens with one attached hydrogen (secondary N) is 1. The Kier molecular flexibility index (Phi) is 7.89. The number of benzene rings is 1. The standard InChI is InChI=1S/C22H35N5O2/c1-4-23-22(27-11-9-20(17-27)26-12-14-29-15-13-26)24-10-8-18-6-5-7-19(16-18)21(28)25(2)3/h5-7,16,20H,4,8-15,17H2,1-3H3,(H,23,24). The molecule has 0 aromatic heterocycles. The van der Waals surface area contributed by atoms with Crippen LogP contribution < -0.4 is 5.32 Å². The van der Waals surface area contributed by atoms with E-state index in [0.717, 1.165) is 69.4 Å². The maximum absolute atomic E-state index is 12.2. The van der Waals surface area contributed by atoms with E-state index in [2.05, 4.69) is 28.1 Å². The number of aliphatic imine (C=N–C) groups is 1. The summed E-state index contributed by atoms with van der Waals surface area (Å²) < 4.78 is 5.49. The highest BCUT2D eigenvalue weighted by molar-refractivity contribution is 5.94. The summed E-state index contributed by atoms with van der Waals surface area (Å²) in [5, 5.41) is 3.45. The van der Waals surface area contributed by atoms with Gasteiger partial charge >= 0.3 is 0 Å². The molecule has 2 aliphatic rings. The van der Waals surface area contributed by atoms with Gasteiger partial charge in [0.15, 0.2) is 5.96 Å². The van der Waals surface area contributed by atoms with E-state index in [1.54, 1.807) is 19.0 Å². The third-order valence-electron chi connectivity index (χ3n) is 5.60. The van der Waals surface area contributed by atoms with Gasteiger partial charge in [0.1, 0.15) is 0 Å². The van der Waals surface area contributed by atoms with Crippen molar-refractivity contribution in [1.82, 2.24) is 20.0 Å². The van der Waals surface area contributed by atoms with E-state index < -0.39 is 0 Å². The number of morpholine rings is 1. The van der Waals surface area contributed by atoms with Crippen molar-refractivity contribution in [2.75, 3.05) is 66.6 Å². The number of hydrogen-bond donors (Lipinski definition) is 1. The number of carbonyl (C=O) groups excluding carboxylic acids is 1. The number of rotatable bonds is 6. The van der Waals surface area contributed by atoms with Gasteiger partial charge in [-0.1, -0.05) is 12.1 Å². The summed E-state index contributed by atoms with van der Waals surface area (Å²) >= 11 is 0. The second-order valence-corrected chi connectivity index (χ2v) is 7.92. The first-order valence-electron chi connectivity index (χ1n) is 10.7. The van der Waals surface area contributed by atoms with Gasteiger partial charge in [-0.05, 0) is 37.5 Å². The maximum atomic E-state index is 12.2. The molecule has 0 spiro atoms. The molecule has 0 bridgehead atoms. The number of carbonyl (C=O) groups is 1. The largest absolute Gasteiger partial charge is 0.379 e. The number of nitrogens with zero attached hydrogens (tertiary/aromatic N) is 4. The molecule has 160 valence electrons. The van der Waals surface area contributed by atoms with Gasteiger partial charge in [0, 0.05) is 65.0 Å². The smallest absolute Gasteiger partial charge is 0.253 e. The first-order valence-corrected chi connectivity index (χ1v) is 10.7. The number of hydrogen-bond acceptors (Lipinski definition) is 4. The van der Waals surface area contributed by atoms with Gasteiger partial charge < -0.3 is 19.9 Å². The van der Waals surface area contributed by atoms with E-state index in [1.165, 1.54) is 6.42 Å². The fraction of sp³-hybridized carbons (Fsp3) is 0.636. The average molecular weight is 402 g/mol. The van der Waals surface area contributed by atoms with Crippen molar-refractivity contribution in [2.45, 2.75) is 25.8 Å². The lowest BCUT2D eigenvalue weighted by Crippen LogP contribution is -2.46. The molecule has 29 heavy (non-hydrogen) atoms. The molecule has 3 rings (SSSR count). The second-order valence-electron chi connectivity index (χ2n) is 7.92. The van der Waals surface area contributed by atoms with Crippen molar-refractivity contribution >= 4 is 11.9 Å². The van der Waals surface area contributed by atoms with E-state index in [1.807, 2.05) is 18.2 Å². The minimum atomic E-state index is 0.0370. The van der Waals surface area contributed by atoms with Crippen molar-refractivity contribution in [3.05, 3.63) is 35.4 Å². The van der Waals surface area contributed by atoms with Gasteiger partial charge in [0.05, 0.1) is 13.2 Å². The molecule has 2 aliphatic heterocycles. The Balaban J connectivity index is 1.57. The van der Waals surface area contributed by atoms with Crippen LogP contribution in [-0.4, -0.2) is 99.2 Å². The number of likely N-dealkylation sites (tertiary alicyclic amines) is 1. The summed E-state index contributed by atoms with van der Waals surface area (Å²) in [5.74, 6) is 1.04. The normalized spacial score (nSPS) is 20.7. The number of amides is 1. The Morgan fingerprint density at radius 1 is 1.28 bits per heavy atom. The van der Waals surface area contributed by atoms with Gasteiger partial charge in [-0.3, -0.25) is 14.7 Å². The van der Waals surface area contributed by atoms with E-state index in [4.69, 9.17) is 9.73 Å². The zero-order chi connectivity index (χ0) is 20.6. The minimum Gasteiger partial charge on any atom is -0.379 e. The van der Waals surface area contributed by atoms with Crippen LogP contribution in [0.5, 0.6) is 0 Å². The van der Waals surface area contributed by atoms with Crippen LogP contribution in [0.1, 0.15) is 29.3 Å². The first-order chi connectivity index (χ1) is 14.1. The molecule has 2 saturated heterocycles. The van der Waals surface area contributed by atoms with Crippen LogP contribution in [0.15, 0.2) is 29.3 Å². The lowest BCUT2D eigenvalue weighted by atomic mass is 10.1. The van der Waals surface area contributed by atoms with Crippen LogP contribution in [0.25, 0.3) is 0 Å². The van der Waals surface area contributed by atoms with Gasteiger partial charge in [0.2, 0.25) is 0 Å². The molecule has 0 radical (unpaired) electrons. The van der Waals surface area contributed by atoms with Crippen LogP contribution in [0.3, 0.4) is 0 Å². The molecule has 1 amide bonds. The Labute approximate surface area is 174 Å². The first kappa shape index (κ1) is 21.6. The molecule has 0 aliphatic carbocycles.